The number of ether oxygens (including phenoxy) is 1. The average molecular weight is 342 g/mol. The third kappa shape index (κ3) is 4.14. The molecule has 6 heteroatoms. The lowest BCUT2D eigenvalue weighted by atomic mass is 10.1. The number of hydrogen-bond donors (Lipinski definition) is 1. The van der Waals surface area contributed by atoms with Gasteiger partial charge in [-0.1, -0.05) is 35.4 Å². The Kier molecular flexibility index (Phi) is 4.82. The molecule has 1 heterocycles. The number of aromatic nitrogens is 2. The largest absolute Gasteiger partial charge is 0.471 e. The molecule has 5 nitrogen and oxygen atoms in total. The van der Waals surface area contributed by atoms with E-state index < -0.39 is 0 Å². The summed E-state index contributed by atoms with van der Waals surface area (Å²) in [6.07, 6.45) is 3.28. The van der Waals surface area contributed by atoms with Crippen LogP contribution >= 0.6 is 11.6 Å². The molecule has 0 spiro atoms. The van der Waals surface area contributed by atoms with E-state index in [1.165, 1.54) is 0 Å². The minimum absolute atomic E-state index is 0.172. The molecule has 1 aromatic heterocycles. The highest BCUT2D eigenvalue weighted by molar-refractivity contribution is 6.30. The third-order valence-electron chi connectivity index (χ3n) is 3.33. The Morgan fingerprint density at radius 2 is 2.08 bits per heavy atom. The van der Waals surface area contributed by atoms with Crippen molar-refractivity contribution < 1.29 is 9.53 Å². The van der Waals surface area contributed by atoms with Gasteiger partial charge in [0.15, 0.2) is 6.73 Å². The zero-order valence-electron chi connectivity index (χ0n) is 13.1. The minimum atomic E-state index is -0.172. The summed E-state index contributed by atoms with van der Waals surface area (Å²) in [7, 11) is 0. The lowest BCUT2D eigenvalue weighted by Crippen LogP contribution is -2.11. The normalized spacial score (nSPS) is 10.4. The number of halogens is 1. The minimum Gasteiger partial charge on any atom is -0.471 e. The quantitative estimate of drug-likeness (QED) is 0.759. The van der Waals surface area contributed by atoms with Crippen LogP contribution in [-0.4, -0.2) is 15.7 Å². The molecule has 0 aliphatic carbocycles. The molecule has 0 fully saturated rings. The van der Waals surface area contributed by atoms with Crippen LogP contribution in [0.2, 0.25) is 5.02 Å². The van der Waals surface area contributed by atoms with Gasteiger partial charge in [0, 0.05) is 10.6 Å². The molecule has 1 amide bonds. The van der Waals surface area contributed by atoms with E-state index in [4.69, 9.17) is 16.3 Å². The molecule has 0 unspecified atom stereocenters. The van der Waals surface area contributed by atoms with Crippen molar-refractivity contribution in [2.24, 2.45) is 0 Å². The maximum absolute atomic E-state index is 12.2. The van der Waals surface area contributed by atoms with Crippen LogP contribution in [-0.2, 0) is 6.73 Å². The summed E-state index contributed by atoms with van der Waals surface area (Å²) in [6, 6.07) is 14.5. The summed E-state index contributed by atoms with van der Waals surface area (Å²) in [5.74, 6) is 0.484. The van der Waals surface area contributed by atoms with Gasteiger partial charge in [-0.2, -0.15) is 5.10 Å². The maximum Gasteiger partial charge on any atom is 0.255 e. The Morgan fingerprint density at radius 1 is 1.25 bits per heavy atom. The van der Waals surface area contributed by atoms with Gasteiger partial charge in [-0.05, 0) is 37.3 Å². The van der Waals surface area contributed by atoms with Crippen LogP contribution in [0, 0.1) is 6.92 Å². The number of hydrogen-bond acceptors (Lipinski definition) is 3. The smallest absolute Gasteiger partial charge is 0.255 e. The van der Waals surface area contributed by atoms with Gasteiger partial charge in [0.25, 0.3) is 5.91 Å². The van der Waals surface area contributed by atoms with Crippen molar-refractivity contribution in [3.05, 3.63) is 77.1 Å². The van der Waals surface area contributed by atoms with Gasteiger partial charge in [-0.3, -0.25) is 4.79 Å². The van der Waals surface area contributed by atoms with Crippen LogP contribution in [0.3, 0.4) is 0 Å². The number of nitrogens with one attached hydrogen (secondary N) is 1. The summed E-state index contributed by atoms with van der Waals surface area (Å²) in [5, 5.41) is 7.59. The van der Waals surface area contributed by atoms with Crippen LogP contribution in [0.5, 0.6) is 5.75 Å². The van der Waals surface area contributed by atoms with Crippen LogP contribution < -0.4 is 10.1 Å². The number of benzene rings is 2. The first-order valence-corrected chi connectivity index (χ1v) is 7.77. The van der Waals surface area contributed by atoms with Crippen molar-refractivity contribution in [2.75, 3.05) is 5.32 Å². The van der Waals surface area contributed by atoms with Gasteiger partial charge >= 0.3 is 0 Å². The van der Waals surface area contributed by atoms with Gasteiger partial charge in [0.2, 0.25) is 0 Å². The van der Waals surface area contributed by atoms with Gasteiger partial charge in [-0.15, -0.1) is 0 Å². The standard InChI is InChI=1S/C18H16ClN3O2/c1-13-4-2-5-14(8-13)18(23)21-16-10-20-22(11-16)12-24-17-7-3-6-15(19)9-17/h2-11H,12H2,1H3,(H,21,23). The zero-order valence-corrected chi connectivity index (χ0v) is 13.8. The van der Waals surface area contributed by atoms with E-state index >= 15 is 0 Å². The number of carbonyl (C=O) groups is 1. The monoisotopic (exact) mass is 341 g/mol. The van der Waals surface area contributed by atoms with Gasteiger partial charge in [0.1, 0.15) is 5.75 Å². The fourth-order valence-electron chi connectivity index (χ4n) is 2.19. The molecule has 2 aromatic carbocycles. The van der Waals surface area contributed by atoms with Crippen LogP contribution in [0.15, 0.2) is 60.9 Å². The van der Waals surface area contributed by atoms with Gasteiger partial charge in [-0.25, -0.2) is 4.68 Å². The van der Waals surface area contributed by atoms with E-state index in [1.807, 2.05) is 37.3 Å². The highest BCUT2D eigenvalue weighted by atomic mass is 35.5. The van der Waals surface area contributed by atoms with Crippen molar-refractivity contribution >= 4 is 23.2 Å². The second-order valence-electron chi connectivity index (χ2n) is 5.32. The summed E-state index contributed by atoms with van der Waals surface area (Å²) >= 11 is 5.91. The van der Waals surface area contributed by atoms with E-state index in [2.05, 4.69) is 10.4 Å². The number of carbonyl (C=O) groups excluding carboxylic acids is 1. The topological polar surface area (TPSA) is 56.2 Å². The van der Waals surface area contributed by atoms with Crippen LogP contribution in [0.1, 0.15) is 15.9 Å². The predicted molar refractivity (Wildman–Crippen MR) is 93.4 cm³/mol. The summed E-state index contributed by atoms with van der Waals surface area (Å²) in [4.78, 5) is 12.2. The number of nitrogens with zero attached hydrogens (tertiary/aromatic N) is 2. The first-order valence-electron chi connectivity index (χ1n) is 7.39. The molecule has 0 aliphatic heterocycles. The molecule has 3 aromatic rings. The Bertz CT molecular complexity index is 861. The summed E-state index contributed by atoms with van der Waals surface area (Å²) < 4.78 is 7.18. The molecule has 0 bridgehead atoms. The van der Waals surface area contributed by atoms with E-state index in [-0.39, 0.29) is 12.6 Å². The molecule has 122 valence electrons. The highest BCUT2D eigenvalue weighted by Crippen LogP contribution is 2.17. The summed E-state index contributed by atoms with van der Waals surface area (Å²) in [6.45, 7) is 2.17. The van der Waals surface area contributed by atoms with Crippen LogP contribution in [0.25, 0.3) is 0 Å². The molecule has 0 atom stereocenters. The second-order valence-corrected chi connectivity index (χ2v) is 5.76. The van der Waals surface area contributed by atoms with E-state index in [0.717, 1.165) is 5.56 Å². The Balaban J connectivity index is 1.60. The lowest BCUT2D eigenvalue weighted by Gasteiger charge is -2.06. The second kappa shape index (κ2) is 7.19. The van der Waals surface area contributed by atoms with Crippen molar-refractivity contribution in [3.63, 3.8) is 0 Å². The Labute approximate surface area is 144 Å². The van der Waals surface area contributed by atoms with Crippen molar-refractivity contribution in [1.82, 2.24) is 9.78 Å². The first-order chi connectivity index (χ1) is 11.6. The SMILES string of the molecule is Cc1cccc(C(=O)Nc2cnn(COc3cccc(Cl)c3)c2)c1. The molecule has 24 heavy (non-hydrogen) atoms. The number of rotatable bonds is 5. The molecule has 0 saturated carbocycles. The summed E-state index contributed by atoms with van der Waals surface area (Å²) in [5.41, 5.74) is 2.25. The molecular weight excluding hydrogens is 326 g/mol. The molecule has 3 rings (SSSR count). The van der Waals surface area contributed by atoms with Gasteiger partial charge in [0.05, 0.1) is 18.1 Å². The molecule has 1 N–H and O–H groups in total. The Hall–Kier alpha value is -2.79. The van der Waals surface area contributed by atoms with Crippen molar-refractivity contribution in [3.8, 4) is 5.75 Å². The van der Waals surface area contributed by atoms with Crippen molar-refractivity contribution in [2.45, 2.75) is 13.7 Å². The highest BCUT2D eigenvalue weighted by Gasteiger charge is 2.08. The fraction of sp³-hybridized carbons (Fsp3) is 0.111. The van der Waals surface area contributed by atoms with Gasteiger partial charge < -0.3 is 10.1 Å². The maximum atomic E-state index is 12.2. The number of amides is 1. The van der Waals surface area contributed by atoms with E-state index in [9.17, 15) is 4.79 Å². The molecular formula is C18H16ClN3O2. The van der Waals surface area contributed by atoms with Crippen LogP contribution in [0.4, 0.5) is 5.69 Å². The average Bonchev–Trinajstić information content (AvgIpc) is 3.00. The first kappa shape index (κ1) is 16.1. The zero-order chi connectivity index (χ0) is 16.9. The molecule has 0 radical (unpaired) electrons. The Morgan fingerprint density at radius 3 is 2.88 bits per heavy atom. The van der Waals surface area contributed by atoms with Crippen molar-refractivity contribution in [1.29, 1.82) is 0 Å². The van der Waals surface area contributed by atoms with E-state index in [0.29, 0.717) is 22.0 Å². The lowest BCUT2D eigenvalue weighted by molar-refractivity contribution is 0.102. The molecule has 0 saturated heterocycles. The fourth-order valence-corrected chi connectivity index (χ4v) is 2.37. The molecule has 0 aliphatic rings. The predicted octanol–water partition coefficient (Wildman–Crippen LogP) is 4.13. The number of aryl methyl sites for hydroxylation is 1. The van der Waals surface area contributed by atoms with E-state index in [1.54, 1.807) is 35.3 Å². The number of anilines is 1. The third-order valence-corrected chi connectivity index (χ3v) is 3.57.